The molecule has 0 bridgehead atoms. The molecular weight excluding hydrogens is 354 g/mol. The van der Waals surface area contributed by atoms with Crippen molar-refractivity contribution in [3.63, 3.8) is 0 Å². The van der Waals surface area contributed by atoms with Gasteiger partial charge in [-0.05, 0) is 51.8 Å². The molecule has 0 aliphatic carbocycles. The molecule has 2 unspecified atom stereocenters. The Morgan fingerprint density at radius 1 is 1.18 bits per heavy atom. The maximum absolute atomic E-state index is 12.8. The number of morpholine rings is 1. The van der Waals surface area contributed by atoms with Gasteiger partial charge in [0, 0.05) is 25.2 Å². The van der Waals surface area contributed by atoms with Gasteiger partial charge in [0.25, 0.3) is 0 Å². The molecule has 156 valence electrons. The lowest BCUT2D eigenvalue weighted by Gasteiger charge is -2.38. The number of hydrogen-bond acceptors (Lipinski definition) is 5. The fourth-order valence-corrected chi connectivity index (χ4v) is 4.27. The van der Waals surface area contributed by atoms with Crippen molar-refractivity contribution < 1.29 is 14.3 Å². The van der Waals surface area contributed by atoms with Gasteiger partial charge >= 0.3 is 0 Å². The van der Waals surface area contributed by atoms with Crippen LogP contribution in [-0.2, 0) is 9.53 Å². The minimum Gasteiger partial charge on any atom is -0.496 e. The Hall–Kier alpha value is -1.63. The molecule has 0 aromatic heterocycles. The van der Waals surface area contributed by atoms with E-state index in [9.17, 15) is 4.79 Å². The number of rotatable bonds is 7. The zero-order valence-electron chi connectivity index (χ0n) is 17.5. The van der Waals surface area contributed by atoms with Crippen molar-refractivity contribution in [1.29, 1.82) is 0 Å². The minimum absolute atomic E-state index is 0.0787. The summed E-state index contributed by atoms with van der Waals surface area (Å²) in [4.78, 5) is 17.7. The number of methoxy groups -OCH3 is 1. The number of carbonyl (C=O) groups excluding carboxylic acids is 1. The van der Waals surface area contributed by atoms with E-state index in [1.54, 1.807) is 7.11 Å². The van der Waals surface area contributed by atoms with Gasteiger partial charge in [-0.1, -0.05) is 18.2 Å². The molecule has 2 saturated heterocycles. The summed E-state index contributed by atoms with van der Waals surface area (Å²) < 4.78 is 10.9. The maximum atomic E-state index is 12.8. The molecule has 6 heteroatoms. The van der Waals surface area contributed by atoms with Crippen molar-refractivity contribution in [3.05, 3.63) is 29.8 Å². The van der Waals surface area contributed by atoms with E-state index < -0.39 is 0 Å². The van der Waals surface area contributed by atoms with E-state index in [1.807, 2.05) is 38.1 Å². The molecule has 3 rings (SSSR count). The highest BCUT2D eigenvalue weighted by molar-refractivity contribution is 5.81. The molecule has 2 aliphatic heterocycles. The second kappa shape index (κ2) is 10.2. The highest BCUT2D eigenvalue weighted by atomic mass is 16.5. The second-order valence-electron chi connectivity index (χ2n) is 8.04. The van der Waals surface area contributed by atoms with Crippen molar-refractivity contribution in [2.45, 2.75) is 38.8 Å². The first-order valence-electron chi connectivity index (χ1n) is 10.6. The first-order chi connectivity index (χ1) is 13.6. The number of likely N-dealkylation sites (tertiary alicyclic amines) is 1. The van der Waals surface area contributed by atoms with Crippen LogP contribution in [0.15, 0.2) is 24.3 Å². The summed E-state index contributed by atoms with van der Waals surface area (Å²) in [5, 5.41) is 3.16. The van der Waals surface area contributed by atoms with Crippen LogP contribution in [0, 0.1) is 5.92 Å². The highest BCUT2D eigenvalue weighted by Crippen LogP contribution is 2.25. The van der Waals surface area contributed by atoms with Crippen LogP contribution in [0.2, 0.25) is 0 Å². The van der Waals surface area contributed by atoms with E-state index in [2.05, 4.69) is 15.1 Å². The molecule has 1 N–H and O–H groups in total. The van der Waals surface area contributed by atoms with Crippen LogP contribution in [0.25, 0.3) is 0 Å². The first-order valence-corrected chi connectivity index (χ1v) is 10.6. The van der Waals surface area contributed by atoms with E-state index in [0.717, 1.165) is 69.5 Å². The number of piperidine rings is 1. The molecule has 0 spiro atoms. The Bertz CT molecular complexity index is 625. The summed E-state index contributed by atoms with van der Waals surface area (Å²) in [6.07, 6.45) is 2.33. The molecular formula is C22H35N3O3. The highest BCUT2D eigenvalue weighted by Gasteiger charge is 2.28. The van der Waals surface area contributed by atoms with Gasteiger partial charge in [-0.25, -0.2) is 0 Å². The Morgan fingerprint density at radius 3 is 2.54 bits per heavy atom. The molecule has 0 radical (unpaired) electrons. The average Bonchev–Trinajstić information content (AvgIpc) is 2.74. The van der Waals surface area contributed by atoms with Crippen molar-refractivity contribution in [2.75, 3.05) is 53.0 Å². The summed E-state index contributed by atoms with van der Waals surface area (Å²) in [6, 6.07) is 7.67. The number of benzene rings is 1. The van der Waals surface area contributed by atoms with Crippen molar-refractivity contribution in [2.24, 2.45) is 5.92 Å². The van der Waals surface area contributed by atoms with E-state index in [-0.39, 0.29) is 18.0 Å². The summed E-state index contributed by atoms with van der Waals surface area (Å²) in [6.45, 7) is 11.0. The predicted octanol–water partition coefficient (Wildman–Crippen LogP) is 2.31. The molecule has 6 nitrogen and oxygen atoms in total. The standard InChI is InChI=1S/C22H35N3O3/c1-17(20-6-4-5-7-21(20)27-3)23-22(26)18(2)25-10-8-19(9-11-25)16-24-12-14-28-15-13-24/h4-7,17-19H,8-16H2,1-3H3,(H,23,26). The van der Waals surface area contributed by atoms with Gasteiger partial charge in [0.1, 0.15) is 5.75 Å². The number of nitrogens with one attached hydrogen (secondary N) is 1. The van der Waals surface area contributed by atoms with Crippen LogP contribution >= 0.6 is 0 Å². The van der Waals surface area contributed by atoms with E-state index in [1.165, 1.54) is 6.54 Å². The van der Waals surface area contributed by atoms with E-state index >= 15 is 0 Å². The second-order valence-corrected chi connectivity index (χ2v) is 8.04. The summed E-state index contributed by atoms with van der Waals surface area (Å²) in [7, 11) is 1.66. The predicted molar refractivity (Wildman–Crippen MR) is 111 cm³/mol. The van der Waals surface area contributed by atoms with Crippen molar-refractivity contribution in [3.8, 4) is 5.75 Å². The minimum atomic E-state index is -0.110. The Kier molecular flexibility index (Phi) is 7.71. The molecule has 1 aromatic carbocycles. The largest absolute Gasteiger partial charge is 0.496 e. The number of nitrogens with zero attached hydrogens (tertiary/aromatic N) is 2. The van der Waals surface area contributed by atoms with Gasteiger partial charge in [0.2, 0.25) is 5.91 Å². The summed E-state index contributed by atoms with van der Waals surface area (Å²) in [5.74, 6) is 1.63. The zero-order valence-corrected chi connectivity index (χ0v) is 17.5. The third-order valence-corrected chi connectivity index (χ3v) is 6.16. The van der Waals surface area contributed by atoms with Gasteiger partial charge in [0.05, 0.1) is 32.4 Å². The SMILES string of the molecule is COc1ccccc1C(C)NC(=O)C(C)N1CCC(CN2CCOCC2)CC1. The third kappa shape index (κ3) is 5.46. The quantitative estimate of drug-likeness (QED) is 0.776. The average molecular weight is 390 g/mol. The van der Waals surface area contributed by atoms with Crippen LogP contribution < -0.4 is 10.1 Å². The monoisotopic (exact) mass is 389 g/mol. The van der Waals surface area contributed by atoms with Gasteiger partial charge < -0.3 is 14.8 Å². The van der Waals surface area contributed by atoms with Crippen LogP contribution in [0.5, 0.6) is 5.75 Å². The molecule has 2 fully saturated rings. The molecule has 28 heavy (non-hydrogen) atoms. The van der Waals surface area contributed by atoms with Gasteiger partial charge in [-0.2, -0.15) is 0 Å². The Labute approximate surface area is 169 Å². The number of para-hydroxylation sites is 1. The van der Waals surface area contributed by atoms with Crippen molar-refractivity contribution in [1.82, 2.24) is 15.1 Å². The summed E-state index contributed by atoms with van der Waals surface area (Å²) in [5.41, 5.74) is 1.01. The maximum Gasteiger partial charge on any atom is 0.237 e. The van der Waals surface area contributed by atoms with Crippen LogP contribution in [0.4, 0.5) is 0 Å². The van der Waals surface area contributed by atoms with Crippen molar-refractivity contribution >= 4 is 5.91 Å². The van der Waals surface area contributed by atoms with Gasteiger partial charge in [0.15, 0.2) is 0 Å². The smallest absolute Gasteiger partial charge is 0.237 e. The van der Waals surface area contributed by atoms with Crippen LogP contribution in [0.1, 0.15) is 38.3 Å². The lowest BCUT2D eigenvalue weighted by atomic mass is 9.95. The first kappa shape index (κ1) is 21.1. The lowest BCUT2D eigenvalue weighted by molar-refractivity contribution is -0.127. The van der Waals surface area contributed by atoms with Crippen LogP contribution in [-0.4, -0.2) is 74.8 Å². The van der Waals surface area contributed by atoms with Gasteiger partial charge in [-0.3, -0.25) is 14.6 Å². The molecule has 1 amide bonds. The van der Waals surface area contributed by atoms with E-state index in [0.29, 0.717) is 0 Å². The van der Waals surface area contributed by atoms with Gasteiger partial charge in [-0.15, -0.1) is 0 Å². The Morgan fingerprint density at radius 2 is 1.86 bits per heavy atom. The fraction of sp³-hybridized carbons (Fsp3) is 0.682. The normalized spacial score (nSPS) is 21.8. The number of amides is 1. The zero-order chi connectivity index (χ0) is 19.9. The third-order valence-electron chi connectivity index (χ3n) is 6.16. The van der Waals surface area contributed by atoms with Crippen LogP contribution in [0.3, 0.4) is 0 Å². The summed E-state index contributed by atoms with van der Waals surface area (Å²) >= 11 is 0. The number of carbonyl (C=O) groups is 1. The molecule has 2 heterocycles. The molecule has 0 saturated carbocycles. The van der Waals surface area contributed by atoms with E-state index in [4.69, 9.17) is 9.47 Å². The molecule has 2 atom stereocenters. The Balaban J connectivity index is 1.46. The number of hydrogen-bond donors (Lipinski definition) is 1. The molecule has 1 aromatic rings. The topological polar surface area (TPSA) is 54.0 Å². The number of ether oxygens (including phenoxy) is 2. The lowest BCUT2D eigenvalue weighted by Crippen LogP contribution is -2.50. The molecule has 2 aliphatic rings. The fourth-order valence-electron chi connectivity index (χ4n) is 4.27.